The second kappa shape index (κ2) is 7.47. The van der Waals surface area contributed by atoms with Crippen molar-refractivity contribution < 1.29 is 12.8 Å². The molecular formula is C11H20N2O3S. The van der Waals surface area contributed by atoms with Crippen LogP contribution in [0.25, 0.3) is 0 Å². The maximum Gasteiger partial charge on any atom is 0.211 e. The van der Waals surface area contributed by atoms with Crippen LogP contribution >= 0.6 is 0 Å². The largest absolute Gasteiger partial charge is 0.472 e. The van der Waals surface area contributed by atoms with Gasteiger partial charge in [0.25, 0.3) is 0 Å². The number of hydrogen-bond donors (Lipinski definition) is 2. The topological polar surface area (TPSA) is 71.3 Å². The van der Waals surface area contributed by atoms with Gasteiger partial charge in [0.15, 0.2) is 0 Å². The van der Waals surface area contributed by atoms with Crippen molar-refractivity contribution in [1.82, 2.24) is 10.0 Å². The fraction of sp³-hybridized carbons (Fsp3) is 0.636. The number of sulfonamides is 1. The summed E-state index contributed by atoms with van der Waals surface area (Å²) in [5.41, 5.74) is 0.831. The SMILES string of the molecule is CCCNCCCS(=O)(=O)NCc1ccoc1. The molecule has 6 heteroatoms. The molecule has 17 heavy (non-hydrogen) atoms. The Hall–Kier alpha value is -0.850. The molecule has 0 spiro atoms. The number of rotatable bonds is 9. The highest BCUT2D eigenvalue weighted by Gasteiger charge is 2.09. The summed E-state index contributed by atoms with van der Waals surface area (Å²) in [6.07, 6.45) is 4.75. The quantitative estimate of drug-likeness (QED) is 0.652. The first-order chi connectivity index (χ1) is 8.14. The third-order valence-corrected chi connectivity index (χ3v) is 3.68. The van der Waals surface area contributed by atoms with E-state index in [0.717, 1.165) is 25.1 Å². The molecule has 0 bridgehead atoms. The molecule has 5 nitrogen and oxygen atoms in total. The molecule has 0 radical (unpaired) electrons. The summed E-state index contributed by atoms with van der Waals surface area (Å²) in [6, 6.07) is 1.74. The zero-order chi connectivity index (χ0) is 12.6. The Labute approximate surface area is 103 Å². The lowest BCUT2D eigenvalue weighted by atomic mass is 10.4. The molecule has 1 aromatic rings. The van der Waals surface area contributed by atoms with Crippen molar-refractivity contribution in [2.45, 2.75) is 26.3 Å². The fourth-order valence-electron chi connectivity index (χ4n) is 1.35. The van der Waals surface area contributed by atoms with Crippen molar-refractivity contribution in [2.24, 2.45) is 0 Å². The highest BCUT2D eigenvalue weighted by Crippen LogP contribution is 2.00. The van der Waals surface area contributed by atoms with Crippen LogP contribution in [0.5, 0.6) is 0 Å². The predicted octanol–water partition coefficient (Wildman–Crippen LogP) is 1.09. The van der Waals surface area contributed by atoms with Crippen LogP contribution in [0, 0.1) is 0 Å². The van der Waals surface area contributed by atoms with E-state index in [9.17, 15) is 8.42 Å². The molecule has 98 valence electrons. The Bertz CT molecular complexity index is 387. The normalized spacial score (nSPS) is 11.8. The lowest BCUT2D eigenvalue weighted by molar-refractivity contribution is 0.560. The van der Waals surface area contributed by atoms with Crippen molar-refractivity contribution >= 4 is 10.0 Å². The zero-order valence-corrected chi connectivity index (χ0v) is 10.9. The molecule has 2 N–H and O–H groups in total. The number of hydrogen-bond acceptors (Lipinski definition) is 4. The van der Waals surface area contributed by atoms with E-state index in [-0.39, 0.29) is 5.75 Å². The maximum absolute atomic E-state index is 11.6. The molecule has 0 saturated heterocycles. The Kier molecular flexibility index (Phi) is 6.25. The van der Waals surface area contributed by atoms with Gasteiger partial charge in [-0.2, -0.15) is 0 Å². The highest BCUT2D eigenvalue weighted by molar-refractivity contribution is 7.89. The minimum atomic E-state index is -3.18. The molecule has 0 fully saturated rings. The van der Waals surface area contributed by atoms with Gasteiger partial charge in [0.1, 0.15) is 0 Å². The van der Waals surface area contributed by atoms with Crippen molar-refractivity contribution in [3.8, 4) is 0 Å². The first kappa shape index (κ1) is 14.2. The highest BCUT2D eigenvalue weighted by atomic mass is 32.2. The van der Waals surface area contributed by atoms with Gasteiger partial charge in [-0.15, -0.1) is 0 Å². The summed E-state index contributed by atoms with van der Waals surface area (Å²) in [5.74, 6) is 0.154. The summed E-state index contributed by atoms with van der Waals surface area (Å²) >= 11 is 0. The van der Waals surface area contributed by atoms with Gasteiger partial charge in [-0.25, -0.2) is 13.1 Å². The fourth-order valence-corrected chi connectivity index (χ4v) is 2.40. The standard InChI is InChI=1S/C11H20N2O3S/c1-2-5-12-6-3-8-17(14,15)13-9-11-4-7-16-10-11/h4,7,10,12-13H,2-3,5-6,8-9H2,1H3. The second-order valence-electron chi connectivity index (χ2n) is 3.88. The van der Waals surface area contributed by atoms with Gasteiger partial charge in [0.05, 0.1) is 18.3 Å². The van der Waals surface area contributed by atoms with Crippen molar-refractivity contribution in [3.63, 3.8) is 0 Å². The third kappa shape index (κ3) is 6.45. The molecular weight excluding hydrogens is 240 g/mol. The first-order valence-corrected chi connectivity index (χ1v) is 7.48. The zero-order valence-electron chi connectivity index (χ0n) is 10.1. The van der Waals surface area contributed by atoms with Crippen LogP contribution in [0.3, 0.4) is 0 Å². The van der Waals surface area contributed by atoms with E-state index < -0.39 is 10.0 Å². The minimum Gasteiger partial charge on any atom is -0.472 e. The van der Waals surface area contributed by atoms with Crippen LogP contribution in [0.2, 0.25) is 0 Å². The summed E-state index contributed by atoms with van der Waals surface area (Å²) < 4.78 is 30.6. The van der Waals surface area contributed by atoms with Gasteiger partial charge < -0.3 is 9.73 Å². The van der Waals surface area contributed by atoms with Gasteiger partial charge in [0.2, 0.25) is 10.0 Å². The Morgan fingerprint density at radius 3 is 2.82 bits per heavy atom. The van der Waals surface area contributed by atoms with Crippen molar-refractivity contribution in [1.29, 1.82) is 0 Å². The molecule has 0 aliphatic rings. The van der Waals surface area contributed by atoms with Crippen molar-refractivity contribution in [3.05, 3.63) is 24.2 Å². The van der Waals surface area contributed by atoms with E-state index in [0.29, 0.717) is 13.0 Å². The minimum absolute atomic E-state index is 0.154. The molecule has 0 unspecified atom stereocenters. The van der Waals surface area contributed by atoms with Crippen LogP contribution in [0.15, 0.2) is 23.0 Å². The molecule has 0 saturated carbocycles. The van der Waals surface area contributed by atoms with Crippen LogP contribution in [-0.2, 0) is 16.6 Å². The van der Waals surface area contributed by atoms with Crippen molar-refractivity contribution in [2.75, 3.05) is 18.8 Å². The number of furan rings is 1. The summed E-state index contributed by atoms with van der Waals surface area (Å²) in [5, 5.41) is 3.17. The van der Waals surface area contributed by atoms with E-state index in [1.54, 1.807) is 6.07 Å². The van der Waals surface area contributed by atoms with E-state index in [2.05, 4.69) is 17.0 Å². The molecule has 0 aromatic carbocycles. The van der Waals surface area contributed by atoms with Crippen LogP contribution in [0.4, 0.5) is 0 Å². The third-order valence-electron chi connectivity index (χ3n) is 2.27. The average molecular weight is 260 g/mol. The Morgan fingerprint density at radius 1 is 1.35 bits per heavy atom. The molecule has 1 aromatic heterocycles. The molecule has 0 aliphatic heterocycles. The summed E-state index contributed by atoms with van der Waals surface area (Å²) in [6.45, 7) is 4.04. The van der Waals surface area contributed by atoms with E-state index >= 15 is 0 Å². The van der Waals surface area contributed by atoms with Gasteiger partial charge in [0, 0.05) is 12.1 Å². The smallest absolute Gasteiger partial charge is 0.211 e. The molecule has 0 amide bonds. The predicted molar refractivity (Wildman–Crippen MR) is 67.1 cm³/mol. The molecule has 1 rings (SSSR count). The number of nitrogens with one attached hydrogen (secondary N) is 2. The first-order valence-electron chi connectivity index (χ1n) is 5.83. The Morgan fingerprint density at radius 2 is 2.18 bits per heavy atom. The van der Waals surface area contributed by atoms with E-state index in [4.69, 9.17) is 4.42 Å². The van der Waals surface area contributed by atoms with Crippen LogP contribution < -0.4 is 10.0 Å². The molecule has 0 aliphatic carbocycles. The lowest BCUT2D eigenvalue weighted by Gasteiger charge is -2.06. The summed E-state index contributed by atoms with van der Waals surface area (Å²) in [4.78, 5) is 0. The van der Waals surface area contributed by atoms with E-state index in [1.807, 2.05) is 0 Å². The van der Waals surface area contributed by atoms with Gasteiger partial charge in [-0.3, -0.25) is 0 Å². The molecule has 1 heterocycles. The van der Waals surface area contributed by atoms with E-state index in [1.165, 1.54) is 12.5 Å². The van der Waals surface area contributed by atoms with Gasteiger partial charge in [-0.1, -0.05) is 6.92 Å². The van der Waals surface area contributed by atoms with Gasteiger partial charge >= 0.3 is 0 Å². The summed E-state index contributed by atoms with van der Waals surface area (Å²) in [7, 11) is -3.18. The average Bonchev–Trinajstić information content (AvgIpc) is 2.79. The van der Waals surface area contributed by atoms with Crippen LogP contribution in [-0.4, -0.2) is 27.3 Å². The second-order valence-corrected chi connectivity index (χ2v) is 5.80. The van der Waals surface area contributed by atoms with Crippen LogP contribution in [0.1, 0.15) is 25.3 Å². The monoisotopic (exact) mass is 260 g/mol. The van der Waals surface area contributed by atoms with Gasteiger partial charge in [-0.05, 0) is 32.0 Å². The molecule has 0 atom stereocenters. The maximum atomic E-state index is 11.6. The lowest BCUT2D eigenvalue weighted by Crippen LogP contribution is -2.28. The Balaban J connectivity index is 2.17.